The van der Waals surface area contributed by atoms with Gasteiger partial charge in [0.2, 0.25) is 5.91 Å². The topological polar surface area (TPSA) is 62.3 Å². The van der Waals surface area contributed by atoms with E-state index in [1.165, 1.54) is 13.3 Å². The highest BCUT2D eigenvalue weighted by atomic mass is 16.1. The second-order valence-electron chi connectivity index (χ2n) is 6.60. The summed E-state index contributed by atoms with van der Waals surface area (Å²) in [7, 11) is 0. The Morgan fingerprint density at radius 1 is 1.43 bits per heavy atom. The van der Waals surface area contributed by atoms with Gasteiger partial charge in [0.25, 0.3) is 0 Å². The van der Waals surface area contributed by atoms with Crippen molar-refractivity contribution in [3.63, 3.8) is 0 Å². The fourth-order valence-electron chi connectivity index (χ4n) is 3.07. The first-order valence-electron chi connectivity index (χ1n) is 8.46. The van der Waals surface area contributed by atoms with Crippen LogP contribution in [-0.2, 0) is 4.79 Å². The summed E-state index contributed by atoms with van der Waals surface area (Å²) in [5, 5.41) is 2.78. The van der Waals surface area contributed by atoms with Crippen molar-refractivity contribution in [2.75, 3.05) is 25.0 Å². The molecular formula is C18H27N3O2. The van der Waals surface area contributed by atoms with Gasteiger partial charge in [0, 0.05) is 25.6 Å². The van der Waals surface area contributed by atoms with Gasteiger partial charge >= 0.3 is 0 Å². The van der Waals surface area contributed by atoms with Crippen LogP contribution in [-0.4, -0.2) is 41.2 Å². The maximum atomic E-state index is 12.3. The van der Waals surface area contributed by atoms with Crippen molar-refractivity contribution in [2.24, 2.45) is 5.92 Å². The number of likely N-dealkylation sites (N-methyl/N-ethyl adjacent to an activating group) is 1. The number of anilines is 1. The van der Waals surface area contributed by atoms with Gasteiger partial charge in [-0.1, -0.05) is 20.8 Å². The summed E-state index contributed by atoms with van der Waals surface area (Å²) in [6, 6.07) is 1.94. The normalized spacial score (nSPS) is 18.9. The highest BCUT2D eigenvalue weighted by Crippen LogP contribution is 2.29. The summed E-state index contributed by atoms with van der Waals surface area (Å²) in [4.78, 5) is 30.6. The third kappa shape index (κ3) is 4.38. The van der Waals surface area contributed by atoms with Crippen molar-refractivity contribution in [1.29, 1.82) is 0 Å². The number of nitrogens with zero attached hydrogens (tertiary/aromatic N) is 2. The number of amides is 1. The summed E-state index contributed by atoms with van der Waals surface area (Å²) in [5.74, 6) is 0.0396. The number of hydrogen-bond acceptors (Lipinski definition) is 4. The first-order chi connectivity index (χ1) is 10.9. The number of Topliss-reactive ketones (excluding diaryl/α,β-unsaturated/α-hetero) is 1. The van der Waals surface area contributed by atoms with Crippen molar-refractivity contribution >= 4 is 17.4 Å². The van der Waals surface area contributed by atoms with Crippen LogP contribution in [0, 0.1) is 5.92 Å². The average molecular weight is 317 g/mol. The SMILES string of the molecule is CCN1CCCC(c2cnc(C(=O)C(C)C)c(NC(C)=O)c2)C1. The summed E-state index contributed by atoms with van der Waals surface area (Å²) in [5.41, 5.74) is 2.01. The van der Waals surface area contributed by atoms with Gasteiger partial charge in [0.05, 0.1) is 5.69 Å². The number of rotatable bonds is 5. The van der Waals surface area contributed by atoms with Gasteiger partial charge in [0.15, 0.2) is 5.78 Å². The molecule has 1 unspecified atom stereocenters. The number of carbonyl (C=O) groups excluding carboxylic acids is 2. The molecule has 0 aromatic carbocycles. The van der Waals surface area contributed by atoms with Crippen LogP contribution in [0.4, 0.5) is 5.69 Å². The van der Waals surface area contributed by atoms with E-state index in [1.807, 2.05) is 26.1 Å². The van der Waals surface area contributed by atoms with Gasteiger partial charge in [-0.2, -0.15) is 0 Å². The van der Waals surface area contributed by atoms with Crippen molar-refractivity contribution in [1.82, 2.24) is 9.88 Å². The highest BCUT2D eigenvalue weighted by Gasteiger charge is 2.23. The molecule has 0 bridgehead atoms. The van der Waals surface area contributed by atoms with Crippen LogP contribution < -0.4 is 5.32 Å². The Hall–Kier alpha value is -1.75. The quantitative estimate of drug-likeness (QED) is 0.848. The first-order valence-corrected chi connectivity index (χ1v) is 8.46. The number of ketones is 1. The molecule has 0 spiro atoms. The lowest BCUT2D eigenvalue weighted by Gasteiger charge is -2.32. The van der Waals surface area contributed by atoms with Crippen LogP contribution in [0.2, 0.25) is 0 Å². The zero-order valence-electron chi connectivity index (χ0n) is 14.6. The van der Waals surface area contributed by atoms with Gasteiger partial charge in [-0.25, -0.2) is 0 Å². The number of nitrogens with one attached hydrogen (secondary N) is 1. The van der Waals surface area contributed by atoms with E-state index in [9.17, 15) is 9.59 Å². The van der Waals surface area contributed by atoms with Crippen LogP contribution in [0.5, 0.6) is 0 Å². The van der Waals surface area contributed by atoms with E-state index in [0.717, 1.165) is 31.6 Å². The Labute approximate surface area is 138 Å². The third-order valence-electron chi connectivity index (χ3n) is 4.40. The molecule has 0 saturated carbocycles. The Kier molecular flexibility index (Phi) is 5.88. The molecule has 1 aliphatic rings. The molecule has 1 aromatic rings. The minimum Gasteiger partial charge on any atom is -0.324 e. The molecule has 0 aliphatic carbocycles. The molecule has 1 saturated heterocycles. The number of pyridine rings is 1. The molecule has 23 heavy (non-hydrogen) atoms. The van der Waals surface area contributed by atoms with Crippen molar-refractivity contribution in [2.45, 2.75) is 46.5 Å². The van der Waals surface area contributed by atoms with Crippen molar-refractivity contribution in [3.8, 4) is 0 Å². The standard InChI is InChI=1S/C18H27N3O2/c1-5-21-8-6-7-14(11-21)15-9-16(20-13(4)22)17(19-10-15)18(23)12(2)3/h9-10,12,14H,5-8,11H2,1-4H3,(H,20,22). The minimum absolute atomic E-state index is 0.0425. The Balaban J connectivity index is 2.32. The largest absolute Gasteiger partial charge is 0.324 e. The van der Waals surface area contributed by atoms with Crippen LogP contribution in [0.25, 0.3) is 0 Å². The van der Waals surface area contributed by atoms with E-state index in [2.05, 4.69) is 22.1 Å². The molecular weight excluding hydrogens is 290 g/mol. The number of piperidine rings is 1. The molecule has 1 fully saturated rings. The molecule has 2 rings (SSSR count). The summed E-state index contributed by atoms with van der Waals surface area (Å²) in [6.07, 6.45) is 4.10. The summed E-state index contributed by atoms with van der Waals surface area (Å²) < 4.78 is 0. The van der Waals surface area contributed by atoms with E-state index in [-0.39, 0.29) is 17.6 Å². The average Bonchev–Trinajstić information content (AvgIpc) is 2.53. The minimum atomic E-state index is -0.180. The van der Waals surface area contributed by atoms with Crippen molar-refractivity contribution < 1.29 is 9.59 Å². The summed E-state index contributed by atoms with van der Waals surface area (Å²) in [6.45, 7) is 10.5. The molecule has 1 atom stereocenters. The lowest BCUT2D eigenvalue weighted by Crippen LogP contribution is -2.34. The predicted molar refractivity (Wildman–Crippen MR) is 91.8 cm³/mol. The number of carbonyl (C=O) groups is 2. The van der Waals surface area contributed by atoms with Gasteiger partial charge in [-0.15, -0.1) is 0 Å². The molecule has 126 valence electrons. The first kappa shape index (κ1) is 17.6. The van der Waals surface area contributed by atoms with Crippen molar-refractivity contribution in [3.05, 3.63) is 23.5 Å². The molecule has 1 aliphatic heterocycles. The highest BCUT2D eigenvalue weighted by molar-refractivity contribution is 6.03. The third-order valence-corrected chi connectivity index (χ3v) is 4.40. The number of aromatic nitrogens is 1. The van der Waals surface area contributed by atoms with Crippen LogP contribution >= 0.6 is 0 Å². The smallest absolute Gasteiger partial charge is 0.221 e. The van der Waals surface area contributed by atoms with Crippen LogP contribution in [0.15, 0.2) is 12.3 Å². The van der Waals surface area contributed by atoms with Gasteiger partial charge in [-0.05, 0) is 43.5 Å². The predicted octanol–water partition coefficient (Wildman–Crippen LogP) is 3.08. The van der Waals surface area contributed by atoms with Gasteiger partial charge in [-0.3, -0.25) is 14.6 Å². The van der Waals surface area contributed by atoms with E-state index in [0.29, 0.717) is 17.3 Å². The molecule has 1 N–H and O–H groups in total. The lowest BCUT2D eigenvalue weighted by atomic mass is 9.90. The van der Waals surface area contributed by atoms with E-state index in [4.69, 9.17) is 0 Å². The molecule has 1 amide bonds. The zero-order valence-corrected chi connectivity index (χ0v) is 14.6. The Morgan fingerprint density at radius 3 is 2.78 bits per heavy atom. The van der Waals surface area contributed by atoms with Gasteiger partial charge in [0.1, 0.15) is 5.69 Å². The molecule has 1 aromatic heterocycles. The molecule has 0 radical (unpaired) electrons. The summed E-state index contributed by atoms with van der Waals surface area (Å²) >= 11 is 0. The Bertz CT molecular complexity index is 584. The number of likely N-dealkylation sites (tertiary alicyclic amines) is 1. The Morgan fingerprint density at radius 2 is 2.17 bits per heavy atom. The fourth-order valence-corrected chi connectivity index (χ4v) is 3.07. The van der Waals surface area contributed by atoms with Crippen LogP contribution in [0.1, 0.15) is 62.5 Å². The van der Waals surface area contributed by atoms with E-state index < -0.39 is 0 Å². The monoisotopic (exact) mass is 317 g/mol. The van der Waals surface area contributed by atoms with Crippen LogP contribution in [0.3, 0.4) is 0 Å². The molecule has 5 heteroatoms. The maximum absolute atomic E-state index is 12.3. The number of hydrogen-bond donors (Lipinski definition) is 1. The molecule has 2 heterocycles. The second-order valence-corrected chi connectivity index (χ2v) is 6.60. The van der Waals surface area contributed by atoms with E-state index in [1.54, 1.807) is 0 Å². The maximum Gasteiger partial charge on any atom is 0.221 e. The molecule has 5 nitrogen and oxygen atoms in total. The van der Waals surface area contributed by atoms with Gasteiger partial charge < -0.3 is 10.2 Å². The second kappa shape index (κ2) is 7.68. The van der Waals surface area contributed by atoms with E-state index >= 15 is 0 Å². The fraction of sp³-hybridized carbons (Fsp3) is 0.611. The zero-order chi connectivity index (χ0) is 17.0. The lowest BCUT2D eigenvalue weighted by molar-refractivity contribution is -0.114.